The van der Waals surface area contributed by atoms with E-state index in [0.717, 1.165) is 0 Å². The van der Waals surface area contributed by atoms with Crippen LogP contribution in [0, 0.1) is 0 Å². The predicted octanol–water partition coefficient (Wildman–Crippen LogP) is 0.914. The van der Waals surface area contributed by atoms with Gasteiger partial charge in [0.1, 0.15) is 17.6 Å². The van der Waals surface area contributed by atoms with Crippen LogP contribution in [0.15, 0.2) is 24.9 Å². The Hall–Kier alpha value is -2.77. The number of hydrogen-bond donors (Lipinski definition) is 0. The highest BCUT2D eigenvalue weighted by Crippen LogP contribution is 2.46. The Labute approximate surface area is 132 Å². The molecule has 0 N–H and O–H groups in total. The number of nitrogens with zero attached hydrogens (tertiary/aromatic N) is 6. The second-order valence-electron chi connectivity index (χ2n) is 5.83. The Morgan fingerprint density at radius 2 is 2.17 bits per heavy atom. The number of amides is 2. The highest BCUT2D eigenvalue weighted by molar-refractivity contribution is 6.16. The third-order valence-corrected chi connectivity index (χ3v) is 4.76. The molecule has 0 radical (unpaired) electrons. The van der Waals surface area contributed by atoms with Crippen molar-refractivity contribution in [3.8, 4) is 5.95 Å². The third-order valence-electron chi connectivity index (χ3n) is 4.76. The first-order valence-electron chi connectivity index (χ1n) is 7.55. The summed E-state index contributed by atoms with van der Waals surface area (Å²) < 4.78 is 1.67. The molecule has 2 aromatic rings. The van der Waals surface area contributed by atoms with Gasteiger partial charge < -0.3 is 4.90 Å². The fraction of sp³-hybridized carbons (Fsp3) is 0.400. The Morgan fingerprint density at radius 3 is 2.87 bits per heavy atom. The van der Waals surface area contributed by atoms with Crippen LogP contribution < -0.4 is 9.80 Å². The van der Waals surface area contributed by atoms with Crippen molar-refractivity contribution < 1.29 is 9.59 Å². The van der Waals surface area contributed by atoms with Gasteiger partial charge in [0, 0.05) is 25.9 Å². The lowest BCUT2D eigenvalue weighted by Gasteiger charge is -2.43. The maximum atomic E-state index is 12.8. The van der Waals surface area contributed by atoms with Gasteiger partial charge >= 0.3 is 0 Å². The van der Waals surface area contributed by atoms with Crippen LogP contribution in [0.4, 0.5) is 11.5 Å². The summed E-state index contributed by atoms with van der Waals surface area (Å²) in [7, 11) is 1.71. The van der Waals surface area contributed by atoms with Gasteiger partial charge in [0.05, 0.1) is 6.20 Å². The van der Waals surface area contributed by atoms with Crippen molar-refractivity contribution in [2.24, 2.45) is 0 Å². The molecule has 0 aromatic carbocycles. The SMILES string of the molecule is CCC12CCC(=O)N1c1nc(-n3ccnc3)ncc1N(C)C2=O. The Balaban J connectivity index is 1.94. The maximum absolute atomic E-state index is 12.8. The van der Waals surface area contributed by atoms with Gasteiger partial charge in [0.25, 0.3) is 5.91 Å². The average molecular weight is 312 g/mol. The van der Waals surface area contributed by atoms with Crippen LogP contribution in [0.5, 0.6) is 0 Å². The minimum absolute atomic E-state index is 0.0650. The van der Waals surface area contributed by atoms with Crippen molar-refractivity contribution in [1.82, 2.24) is 19.5 Å². The molecule has 2 amide bonds. The molecule has 1 saturated heterocycles. The highest BCUT2D eigenvalue weighted by atomic mass is 16.2. The van der Waals surface area contributed by atoms with Crippen LogP contribution in [-0.4, -0.2) is 43.9 Å². The van der Waals surface area contributed by atoms with Crippen LogP contribution >= 0.6 is 0 Å². The van der Waals surface area contributed by atoms with Crippen molar-refractivity contribution >= 4 is 23.3 Å². The summed E-state index contributed by atoms with van der Waals surface area (Å²) in [6.07, 6.45) is 7.99. The zero-order chi connectivity index (χ0) is 16.2. The molecule has 8 heteroatoms. The number of rotatable bonds is 2. The predicted molar refractivity (Wildman–Crippen MR) is 82.3 cm³/mol. The first-order valence-corrected chi connectivity index (χ1v) is 7.55. The fourth-order valence-corrected chi connectivity index (χ4v) is 3.47. The average Bonchev–Trinajstić information content (AvgIpc) is 3.21. The summed E-state index contributed by atoms with van der Waals surface area (Å²) in [5.74, 6) is 0.783. The highest BCUT2D eigenvalue weighted by Gasteiger charge is 2.56. The van der Waals surface area contributed by atoms with Crippen LogP contribution in [0.25, 0.3) is 5.95 Å². The number of likely N-dealkylation sites (N-methyl/N-ethyl adjacent to an activating group) is 1. The number of anilines is 2. The van der Waals surface area contributed by atoms with Gasteiger partial charge in [-0.1, -0.05) is 6.92 Å². The van der Waals surface area contributed by atoms with Crippen LogP contribution in [0.1, 0.15) is 26.2 Å². The second kappa shape index (κ2) is 4.61. The zero-order valence-corrected chi connectivity index (χ0v) is 12.9. The third kappa shape index (κ3) is 1.68. The van der Waals surface area contributed by atoms with Gasteiger partial charge in [-0.25, -0.2) is 9.97 Å². The molecular formula is C15H16N6O2. The number of fused-ring (bicyclic) bond motifs is 3. The zero-order valence-electron chi connectivity index (χ0n) is 12.9. The number of aromatic nitrogens is 4. The van der Waals surface area contributed by atoms with E-state index in [1.807, 2.05) is 6.92 Å². The summed E-state index contributed by atoms with van der Waals surface area (Å²) in [5.41, 5.74) is -0.266. The smallest absolute Gasteiger partial charge is 0.253 e. The first-order chi connectivity index (χ1) is 11.1. The maximum Gasteiger partial charge on any atom is 0.253 e. The molecule has 0 aliphatic carbocycles. The standard InChI is InChI=1S/C15H16N6O2/c1-3-15-5-4-11(22)21(15)12-10(19(2)13(15)23)8-17-14(18-12)20-7-6-16-9-20/h6-9H,3-5H2,1-2H3. The minimum atomic E-state index is -0.820. The molecular weight excluding hydrogens is 296 g/mol. The molecule has 2 aromatic heterocycles. The molecule has 1 fully saturated rings. The van der Waals surface area contributed by atoms with Crippen molar-refractivity contribution in [2.75, 3.05) is 16.8 Å². The van der Waals surface area contributed by atoms with E-state index in [0.29, 0.717) is 36.7 Å². The molecule has 2 aliphatic rings. The van der Waals surface area contributed by atoms with Crippen LogP contribution in [0.3, 0.4) is 0 Å². The van der Waals surface area contributed by atoms with E-state index in [1.165, 1.54) is 0 Å². The van der Waals surface area contributed by atoms with E-state index in [9.17, 15) is 9.59 Å². The van der Waals surface area contributed by atoms with Gasteiger partial charge in [-0.3, -0.25) is 19.1 Å². The lowest BCUT2D eigenvalue weighted by molar-refractivity contribution is -0.126. The molecule has 4 heterocycles. The van der Waals surface area contributed by atoms with E-state index in [1.54, 1.807) is 46.3 Å². The van der Waals surface area contributed by atoms with E-state index in [-0.39, 0.29) is 11.8 Å². The van der Waals surface area contributed by atoms with Crippen molar-refractivity contribution in [2.45, 2.75) is 31.7 Å². The Kier molecular flexibility index (Phi) is 2.78. The molecule has 0 saturated carbocycles. The summed E-state index contributed by atoms with van der Waals surface area (Å²) in [5, 5.41) is 0. The fourth-order valence-electron chi connectivity index (χ4n) is 3.47. The molecule has 4 rings (SSSR count). The molecule has 23 heavy (non-hydrogen) atoms. The van der Waals surface area contributed by atoms with Crippen molar-refractivity contribution in [1.29, 1.82) is 0 Å². The van der Waals surface area contributed by atoms with E-state index >= 15 is 0 Å². The molecule has 2 aliphatic heterocycles. The molecule has 0 spiro atoms. The molecule has 0 bridgehead atoms. The van der Waals surface area contributed by atoms with Gasteiger partial charge in [0.2, 0.25) is 11.9 Å². The van der Waals surface area contributed by atoms with Gasteiger partial charge in [-0.05, 0) is 12.8 Å². The first kappa shape index (κ1) is 13.9. The van der Waals surface area contributed by atoms with Crippen molar-refractivity contribution in [3.05, 3.63) is 24.9 Å². The monoisotopic (exact) mass is 312 g/mol. The summed E-state index contributed by atoms with van der Waals surface area (Å²) >= 11 is 0. The Bertz CT molecular complexity index is 802. The lowest BCUT2D eigenvalue weighted by atomic mass is 9.89. The largest absolute Gasteiger partial charge is 0.309 e. The van der Waals surface area contributed by atoms with Crippen LogP contribution in [-0.2, 0) is 9.59 Å². The summed E-state index contributed by atoms with van der Waals surface area (Å²) in [4.78, 5) is 41.3. The normalized spacial score (nSPS) is 23.2. The summed E-state index contributed by atoms with van der Waals surface area (Å²) in [6.45, 7) is 1.93. The van der Waals surface area contributed by atoms with Gasteiger partial charge in [-0.2, -0.15) is 4.98 Å². The quantitative estimate of drug-likeness (QED) is 0.823. The topological polar surface area (TPSA) is 84.2 Å². The number of hydrogen-bond acceptors (Lipinski definition) is 5. The molecule has 1 atom stereocenters. The van der Waals surface area contributed by atoms with E-state index < -0.39 is 5.54 Å². The number of carbonyl (C=O) groups excluding carboxylic acids is 2. The van der Waals surface area contributed by atoms with Crippen molar-refractivity contribution in [3.63, 3.8) is 0 Å². The van der Waals surface area contributed by atoms with Crippen LogP contribution in [0.2, 0.25) is 0 Å². The Morgan fingerprint density at radius 1 is 1.35 bits per heavy atom. The second-order valence-corrected chi connectivity index (χ2v) is 5.83. The number of carbonyl (C=O) groups is 2. The lowest BCUT2D eigenvalue weighted by Crippen LogP contribution is -2.60. The summed E-state index contributed by atoms with van der Waals surface area (Å²) in [6, 6.07) is 0. The number of imidazole rings is 1. The minimum Gasteiger partial charge on any atom is -0.309 e. The van der Waals surface area contributed by atoms with Gasteiger partial charge in [0.15, 0.2) is 5.82 Å². The van der Waals surface area contributed by atoms with E-state index in [4.69, 9.17) is 0 Å². The van der Waals surface area contributed by atoms with Gasteiger partial charge in [-0.15, -0.1) is 0 Å². The van der Waals surface area contributed by atoms with E-state index in [2.05, 4.69) is 15.0 Å². The molecule has 118 valence electrons. The molecule has 1 unspecified atom stereocenters. The molecule has 8 nitrogen and oxygen atoms in total.